The van der Waals surface area contributed by atoms with E-state index in [-0.39, 0.29) is 11.6 Å². The first-order valence-corrected chi connectivity index (χ1v) is 7.63. The van der Waals surface area contributed by atoms with Gasteiger partial charge in [-0.25, -0.2) is 0 Å². The van der Waals surface area contributed by atoms with Gasteiger partial charge < -0.3 is 10.5 Å². The largest absolute Gasteiger partial charge is 0.376 e. The molecule has 0 aliphatic carbocycles. The summed E-state index contributed by atoms with van der Waals surface area (Å²) in [7, 11) is 1.76. The van der Waals surface area contributed by atoms with Gasteiger partial charge in [0, 0.05) is 7.11 Å². The molecule has 1 atom stereocenters. The summed E-state index contributed by atoms with van der Waals surface area (Å²) in [5.41, 5.74) is 9.75. The Balaban J connectivity index is 2.26. The van der Waals surface area contributed by atoms with Crippen molar-refractivity contribution in [3.05, 3.63) is 60.2 Å². The molecule has 0 saturated heterocycles. The molecule has 21 heavy (non-hydrogen) atoms. The Hall–Kier alpha value is -1.64. The molecular formula is C19H25NO. The van der Waals surface area contributed by atoms with Crippen LogP contribution in [-0.4, -0.2) is 12.7 Å². The Morgan fingerprint density at radius 1 is 0.905 bits per heavy atom. The molecule has 0 fully saturated rings. The molecule has 112 valence electrons. The molecular weight excluding hydrogens is 258 g/mol. The summed E-state index contributed by atoms with van der Waals surface area (Å²) in [4.78, 5) is 0. The van der Waals surface area contributed by atoms with Crippen LogP contribution >= 0.6 is 0 Å². The van der Waals surface area contributed by atoms with Crippen molar-refractivity contribution < 1.29 is 4.74 Å². The third-order valence-electron chi connectivity index (χ3n) is 4.55. The number of benzene rings is 2. The minimum Gasteiger partial charge on any atom is -0.376 e. The highest BCUT2D eigenvalue weighted by molar-refractivity contribution is 5.63. The summed E-state index contributed by atoms with van der Waals surface area (Å²) >= 11 is 0. The van der Waals surface area contributed by atoms with E-state index in [0.29, 0.717) is 0 Å². The molecule has 0 spiro atoms. The summed E-state index contributed by atoms with van der Waals surface area (Å²) in [6, 6.07) is 18.8. The second-order valence-corrected chi connectivity index (χ2v) is 5.44. The van der Waals surface area contributed by atoms with Gasteiger partial charge in [-0.3, -0.25) is 0 Å². The number of ether oxygens (including phenoxy) is 1. The minimum atomic E-state index is -0.283. The number of hydrogen-bond donors (Lipinski definition) is 1. The summed E-state index contributed by atoms with van der Waals surface area (Å²) in [6.45, 7) is 4.26. The number of nitrogens with two attached hydrogens (primary N) is 1. The highest BCUT2D eigenvalue weighted by Crippen LogP contribution is 2.33. The molecule has 2 aromatic rings. The molecule has 0 aliphatic rings. The molecule has 0 aliphatic heterocycles. The average molecular weight is 283 g/mol. The zero-order valence-electron chi connectivity index (χ0n) is 13.2. The smallest absolute Gasteiger partial charge is 0.0865 e. The van der Waals surface area contributed by atoms with Crippen molar-refractivity contribution in [3.63, 3.8) is 0 Å². The maximum Gasteiger partial charge on any atom is 0.0865 e. The summed E-state index contributed by atoms with van der Waals surface area (Å²) in [5.74, 6) is 0. The third-order valence-corrected chi connectivity index (χ3v) is 4.55. The Kier molecular flexibility index (Phi) is 5.16. The van der Waals surface area contributed by atoms with Crippen molar-refractivity contribution in [3.8, 4) is 11.1 Å². The summed E-state index contributed by atoms with van der Waals surface area (Å²) in [6.07, 6.45) is 1.81. The van der Waals surface area contributed by atoms with Crippen LogP contribution in [0.4, 0.5) is 0 Å². The van der Waals surface area contributed by atoms with E-state index in [1.54, 1.807) is 7.11 Å². The lowest BCUT2D eigenvalue weighted by Gasteiger charge is -2.36. The standard InChI is InChI=1S/C19H25NO/c1-4-19(5-2,21-3)18(20)17-13-11-16(12-14-17)15-9-7-6-8-10-15/h6-14,18H,4-5,20H2,1-3H3. The zero-order valence-corrected chi connectivity index (χ0v) is 13.2. The summed E-state index contributed by atoms with van der Waals surface area (Å²) in [5, 5.41) is 0. The van der Waals surface area contributed by atoms with Crippen molar-refractivity contribution in [1.29, 1.82) is 0 Å². The van der Waals surface area contributed by atoms with Gasteiger partial charge >= 0.3 is 0 Å². The third kappa shape index (κ3) is 3.17. The van der Waals surface area contributed by atoms with Gasteiger partial charge in [-0.15, -0.1) is 0 Å². The van der Waals surface area contributed by atoms with Crippen LogP contribution in [0.25, 0.3) is 11.1 Å². The van der Waals surface area contributed by atoms with Crippen LogP contribution in [0.1, 0.15) is 38.3 Å². The van der Waals surface area contributed by atoms with Gasteiger partial charge in [-0.05, 0) is 29.5 Å². The van der Waals surface area contributed by atoms with E-state index in [0.717, 1.165) is 18.4 Å². The Morgan fingerprint density at radius 3 is 1.90 bits per heavy atom. The Bertz CT molecular complexity index is 535. The maximum atomic E-state index is 6.47. The molecule has 0 radical (unpaired) electrons. The number of hydrogen-bond acceptors (Lipinski definition) is 2. The molecule has 0 amide bonds. The number of methoxy groups -OCH3 is 1. The fraction of sp³-hybridized carbons (Fsp3) is 0.368. The van der Waals surface area contributed by atoms with Gasteiger partial charge in [0.1, 0.15) is 0 Å². The monoisotopic (exact) mass is 283 g/mol. The number of rotatable bonds is 6. The van der Waals surface area contributed by atoms with Crippen LogP contribution in [0.3, 0.4) is 0 Å². The van der Waals surface area contributed by atoms with Gasteiger partial charge in [0.05, 0.1) is 11.6 Å². The molecule has 2 rings (SSSR count). The van der Waals surface area contributed by atoms with E-state index in [2.05, 4.69) is 62.4 Å². The van der Waals surface area contributed by atoms with E-state index in [1.807, 2.05) is 6.07 Å². The fourth-order valence-electron chi connectivity index (χ4n) is 2.92. The lowest BCUT2D eigenvalue weighted by Crippen LogP contribution is -2.42. The predicted octanol–water partition coefficient (Wildman–Crippen LogP) is 4.56. The molecule has 0 heterocycles. The molecule has 0 bridgehead atoms. The van der Waals surface area contributed by atoms with Gasteiger partial charge in [0.2, 0.25) is 0 Å². The second-order valence-electron chi connectivity index (χ2n) is 5.44. The zero-order chi connectivity index (χ0) is 15.3. The quantitative estimate of drug-likeness (QED) is 0.843. The van der Waals surface area contributed by atoms with Crippen LogP contribution in [0.5, 0.6) is 0 Å². The first-order chi connectivity index (χ1) is 10.2. The molecule has 1 unspecified atom stereocenters. The normalized spacial score (nSPS) is 13.1. The van der Waals surface area contributed by atoms with Crippen LogP contribution < -0.4 is 5.73 Å². The molecule has 2 nitrogen and oxygen atoms in total. The van der Waals surface area contributed by atoms with Crippen molar-refractivity contribution >= 4 is 0 Å². The van der Waals surface area contributed by atoms with Crippen molar-refractivity contribution in [1.82, 2.24) is 0 Å². The van der Waals surface area contributed by atoms with Crippen LogP contribution in [-0.2, 0) is 4.74 Å². The highest BCUT2D eigenvalue weighted by Gasteiger charge is 2.34. The SMILES string of the molecule is CCC(CC)(OC)C(N)c1ccc(-c2ccccc2)cc1. The van der Waals surface area contributed by atoms with E-state index >= 15 is 0 Å². The maximum absolute atomic E-state index is 6.47. The predicted molar refractivity (Wildman–Crippen MR) is 89.1 cm³/mol. The molecule has 2 aromatic carbocycles. The fourth-order valence-corrected chi connectivity index (χ4v) is 2.92. The topological polar surface area (TPSA) is 35.2 Å². The van der Waals surface area contributed by atoms with Gasteiger partial charge in [0.15, 0.2) is 0 Å². The lowest BCUT2D eigenvalue weighted by atomic mass is 9.84. The van der Waals surface area contributed by atoms with E-state index in [1.165, 1.54) is 11.1 Å². The van der Waals surface area contributed by atoms with Crippen molar-refractivity contribution in [2.75, 3.05) is 7.11 Å². The first kappa shape index (κ1) is 15.7. The molecule has 0 aromatic heterocycles. The van der Waals surface area contributed by atoms with Gasteiger partial charge in [-0.1, -0.05) is 68.4 Å². The second kappa shape index (κ2) is 6.88. The van der Waals surface area contributed by atoms with Crippen molar-refractivity contribution in [2.45, 2.75) is 38.3 Å². The van der Waals surface area contributed by atoms with Crippen LogP contribution in [0.2, 0.25) is 0 Å². The minimum absolute atomic E-state index is 0.109. The molecule has 2 heteroatoms. The lowest BCUT2D eigenvalue weighted by molar-refractivity contribution is -0.0385. The van der Waals surface area contributed by atoms with E-state index < -0.39 is 0 Å². The van der Waals surface area contributed by atoms with E-state index in [9.17, 15) is 0 Å². The Morgan fingerprint density at radius 2 is 1.43 bits per heavy atom. The van der Waals surface area contributed by atoms with Crippen molar-refractivity contribution in [2.24, 2.45) is 5.73 Å². The van der Waals surface area contributed by atoms with Gasteiger partial charge in [-0.2, -0.15) is 0 Å². The molecule has 2 N–H and O–H groups in total. The van der Waals surface area contributed by atoms with Gasteiger partial charge in [0.25, 0.3) is 0 Å². The van der Waals surface area contributed by atoms with Crippen LogP contribution in [0, 0.1) is 0 Å². The first-order valence-electron chi connectivity index (χ1n) is 7.63. The Labute approximate surface area is 127 Å². The highest BCUT2D eigenvalue weighted by atomic mass is 16.5. The average Bonchev–Trinajstić information content (AvgIpc) is 2.58. The molecule has 0 saturated carbocycles. The van der Waals surface area contributed by atoms with E-state index in [4.69, 9.17) is 10.5 Å². The van der Waals surface area contributed by atoms with Crippen LogP contribution in [0.15, 0.2) is 54.6 Å². The summed E-state index contributed by atoms with van der Waals surface area (Å²) < 4.78 is 5.74.